The number of hydrogen-bond acceptors (Lipinski definition) is 2. The zero-order chi connectivity index (χ0) is 19.1. The molecule has 0 N–H and O–H groups in total. The first-order valence-corrected chi connectivity index (χ1v) is 10.8. The van der Waals surface area contributed by atoms with Crippen molar-refractivity contribution in [3.05, 3.63) is 35.9 Å². The summed E-state index contributed by atoms with van der Waals surface area (Å²) in [5.74, 6) is 1.15. The van der Waals surface area contributed by atoms with Gasteiger partial charge >= 0.3 is 0 Å². The summed E-state index contributed by atoms with van der Waals surface area (Å²) in [5, 5.41) is 0. The molecule has 3 rings (SSSR count). The first kappa shape index (κ1) is 19.9. The van der Waals surface area contributed by atoms with E-state index in [0.29, 0.717) is 38.4 Å². The predicted molar refractivity (Wildman–Crippen MR) is 108 cm³/mol. The van der Waals surface area contributed by atoms with Crippen LogP contribution in [0.1, 0.15) is 70.3 Å². The second-order valence-electron chi connectivity index (χ2n) is 8.09. The lowest BCUT2D eigenvalue weighted by Crippen LogP contribution is -2.49. The van der Waals surface area contributed by atoms with Gasteiger partial charge in [-0.05, 0) is 50.5 Å². The molecule has 148 valence electrons. The van der Waals surface area contributed by atoms with Crippen LogP contribution in [0.4, 0.5) is 0 Å². The van der Waals surface area contributed by atoms with Gasteiger partial charge in [-0.25, -0.2) is 0 Å². The Kier molecular flexibility index (Phi) is 7.31. The quantitative estimate of drug-likeness (QED) is 0.714. The Morgan fingerprint density at radius 1 is 1.04 bits per heavy atom. The largest absolute Gasteiger partial charge is 0.339 e. The fraction of sp³-hybridized carbons (Fsp3) is 0.652. The third-order valence-corrected chi connectivity index (χ3v) is 6.30. The van der Waals surface area contributed by atoms with Crippen LogP contribution in [0, 0.1) is 5.92 Å². The minimum atomic E-state index is 0.156. The monoisotopic (exact) mass is 370 g/mol. The number of nitrogens with zero attached hydrogens (tertiary/aromatic N) is 2. The van der Waals surface area contributed by atoms with Crippen LogP contribution < -0.4 is 0 Å². The Morgan fingerprint density at radius 3 is 2.56 bits per heavy atom. The molecule has 1 saturated carbocycles. The maximum absolute atomic E-state index is 12.8. The van der Waals surface area contributed by atoms with Crippen LogP contribution in [0.3, 0.4) is 0 Å². The average Bonchev–Trinajstić information content (AvgIpc) is 2.72. The van der Waals surface area contributed by atoms with E-state index in [1.807, 2.05) is 30.0 Å². The van der Waals surface area contributed by atoms with Gasteiger partial charge in [0.05, 0.1) is 0 Å². The highest BCUT2D eigenvalue weighted by atomic mass is 16.2. The lowest BCUT2D eigenvalue weighted by atomic mass is 9.78. The van der Waals surface area contributed by atoms with Crippen molar-refractivity contribution >= 4 is 11.8 Å². The fourth-order valence-electron chi connectivity index (χ4n) is 4.81. The molecule has 4 nitrogen and oxygen atoms in total. The Balaban J connectivity index is 1.45. The van der Waals surface area contributed by atoms with Crippen LogP contribution in [0.25, 0.3) is 0 Å². The molecule has 1 aliphatic heterocycles. The summed E-state index contributed by atoms with van der Waals surface area (Å²) in [6, 6.07) is 10.6. The van der Waals surface area contributed by atoms with Crippen LogP contribution in [0.2, 0.25) is 0 Å². The van der Waals surface area contributed by atoms with Crippen LogP contribution in [-0.2, 0) is 16.1 Å². The molecule has 0 aromatic heterocycles. The normalized spacial score (nSPS) is 22.2. The first-order valence-electron chi connectivity index (χ1n) is 10.8. The molecule has 2 aliphatic rings. The van der Waals surface area contributed by atoms with Crippen LogP contribution in [0.5, 0.6) is 0 Å². The van der Waals surface area contributed by atoms with Gasteiger partial charge in [0.1, 0.15) is 0 Å². The van der Waals surface area contributed by atoms with Gasteiger partial charge < -0.3 is 9.80 Å². The van der Waals surface area contributed by atoms with Gasteiger partial charge in [-0.15, -0.1) is 0 Å². The van der Waals surface area contributed by atoms with Gasteiger partial charge in [0.25, 0.3) is 0 Å². The average molecular weight is 371 g/mol. The Morgan fingerprint density at radius 2 is 1.78 bits per heavy atom. The predicted octanol–water partition coefficient (Wildman–Crippen LogP) is 4.39. The molecular formula is C23H34N2O2. The maximum atomic E-state index is 12.8. The molecule has 4 heteroatoms. The second kappa shape index (κ2) is 9.91. The highest BCUT2D eigenvalue weighted by Gasteiger charge is 2.35. The summed E-state index contributed by atoms with van der Waals surface area (Å²) in [4.78, 5) is 29.4. The third-order valence-electron chi connectivity index (χ3n) is 6.30. The Labute approximate surface area is 163 Å². The van der Waals surface area contributed by atoms with Crippen molar-refractivity contribution in [3.63, 3.8) is 0 Å². The Bertz CT molecular complexity index is 614. The molecule has 2 fully saturated rings. The number of carbonyl (C=O) groups excluding carboxylic acids is 2. The lowest BCUT2D eigenvalue weighted by molar-refractivity contribution is -0.138. The van der Waals surface area contributed by atoms with E-state index < -0.39 is 0 Å². The second-order valence-corrected chi connectivity index (χ2v) is 8.09. The molecule has 1 aromatic carbocycles. The van der Waals surface area contributed by atoms with Gasteiger partial charge in [-0.1, -0.05) is 43.2 Å². The number of hydrogen-bond donors (Lipinski definition) is 0. The number of benzene rings is 1. The summed E-state index contributed by atoms with van der Waals surface area (Å²) in [6.45, 7) is 4.30. The van der Waals surface area contributed by atoms with Crippen molar-refractivity contribution in [2.45, 2.75) is 77.3 Å². The number of amides is 2. The molecule has 1 saturated heterocycles. The number of piperidine rings is 1. The van der Waals surface area contributed by atoms with Crippen molar-refractivity contribution in [3.8, 4) is 0 Å². The van der Waals surface area contributed by atoms with Gasteiger partial charge in [0, 0.05) is 38.5 Å². The van der Waals surface area contributed by atoms with E-state index >= 15 is 0 Å². The number of rotatable bonds is 7. The van der Waals surface area contributed by atoms with Crippen molar-refractivity contribution < 1.29 is 9.59 Å². The smallest absolute Gasteiger partial charge is 0.222 e. The number of likely N-dealkylation sites (tertiary alicyclic amines) is 1. The van der Waals surface area contributed by atoms with Gasteiger partial charge in [-0.3, -0.25) is 9.59 Å². The van der Waals surface area contributed by atoms with E-state index in [0.717, 1.165) is 24.4 Å². The Hall–Kier alpha value is -1.84. The summed E-state index contributed by atoms with van der Waals surface area (Å²) in [7, 11) is 0. The van der Waals surface area contributed by atoms with Gasteiger partial charge in [0.15, 0.2) is 0 Å². The topological polar surface area (TPSA) is 40.6 Å². The van der Waals surface area contributed by atoms with E-state index in [-0.39, 0.29) is 11.8 Å². The fourth-order valence-corrected chi connectivity index (χ4v) is 4.81. The third kappa shape index (κ3) is 5.33. The van der Waals surface area contributed by atoms with Gasteiger partial charge in [-0.2, -0.15) is 0 Å². The van der Waals surface area contributed by atoms with Crippen molar-refractivity contribution in [2.75, 3.05) is 13.1 Å². The number of fused-ring (bicyclic) bond motifs is 1. The first-order chi connectivity index (χ1) is 13.2. The molecule has 1 heterocycles. The van der Waals surface area contributed by atoms with Crippen LogP contribution in [0.15, 0.2) is 30.3 Å². The molecule has 0 bridgehead atoms. The molecule has 0 radical (unpaired) electrons. The zero-order valence-electron chi connectivity index (χ0n) is 16.7. The van der Waals surface area contributed by atoms with E-state index in [2.05, 4.69) is 17.0 Å². The van der Waals surface area contributed by atoms with E-state index in [1.54, 1.807) is 0 Å². The number of carbonyl (C=O) groups is 2. The summed E-state index contributed by atoms with van der Waals surface area (Å²) in [6.07, 6.45) is 9.13. The molecule has 0 spiro atoms. The molecular weight excluding hydrogens is 336 g/mol. The molecule has 1 aromatic rings. The van der Waals surface area contributed by atoms with Crippen LogP contribution >= 0.6 is 0 Å². The van der Waals surface area contributed by atoms with Crippen LogP contribution in [-0.4, -0.2) is 40.7 Å². The maximum Gasteiger partial charge on any atom is 0.222 e. The molecule has 2 unspecified atom stereocenters. The minimum absolute atomic E-state index is 0.156. The standard InChI is InChI=1S/C23H34N2O2/c1-2-24(18-19-10-4-3-5-11-19)22(26)15-8-16-23(27)25-17-9-13-20-12-6-7-14-21(20)25/h3-5,10-11,20-21H,2,6-9,12-18H2,1H3. The summed E-state index contributed by atoms with van der Waals surface area (Å²) >= 11 is 0. The van der Waals surface area contributed by atoms with E-state index in [1.165, 1.54) is 32.1 Å². The molecule has 2 atom stereocenters. The summed E-state index contributed by atoms with van der Waals surface area (Å²) < 4.78 is 0. The molecule has 2 amide bonds. The van der Waals surface area contributed by atoms with E-state index in [4.69, 9.17) is 0 Å². The van der Waals surface area contributed by atoms with Crippen molar-refractivity contribution in [1.82, 2.24) is 9.80 Å². The molecule has 1 aliphatic carbocycles. The van der Waals surface area contributed by atoms with E-state index in [9.17, 15) is 9.59 Å². The van der Waals surface area contributed by atoms with Gasteiger partial charge in [0.2, 0.25) is 11.8 Å². The summed E-state index contributed by atoms with van der Waals surface area (Å²) in [5.41, 5.74) is 1.15. The highest BCUT2D eigenvalue weighted by Crippen LogP contribution is 2.35. The zero-order valence-corrected chi connectivity index (χ0v) is 16.7. The highest BCUT2D eigenvalue weighted by molar-refractivity contribution is 5.79. The lowest BCUT2D eigenvalue weighted by Gasteiger charge is -2.44. The molecule has 27 heavy (non-hydrogen) atoms. The van der Waals surface area contributed by atoms with Crippen molar-refractivity contribution in [1.29, 1.82) is 0 Å². The minimum Gasteiger partial charge on any atom is -0.339 e. The van der Waals surface area contributed by atoms with Crippen molar-refractivity contribution in [2.24, 2.45) is 5.92 Å². The SMILES string of the molecule is CCN(Cc1ccccc1)C(=O)CCCC(=O)N1CCCC2CCCCC21.